The third-order valence-electron chi connectivity index (χ3n) is 2.04. The van der Waals surface area contributed by atoms with Crippen molar-refractivity contribution in [1.82, 2.24) is 0 Å². The molecule has 1 aromatic carbocycles. The minimum atomic E-state index is -0.412. The van der Waals surface area contributed by atoms with E-state index in [9.17, 15) is 4.79 Å². The van der Waals surface area contributed by atoms with E-state index in [0.717, 1.165) is 11.1 Å². The molecular weight excluding hydrogens is 222 g/mol. The van der Waals surface area contributed by atoms with Crippen molar-refractivity contribution in [3.8, 4) is 0 Å². The molecule has 0 saturated heterocycles. The first-order valence-corrected chi connectivity index (χ1v) is 5.98. The molecule has 0 unspecified atom stereocenters. The van der Waals surface area contributed by atoms with Crippen molar-refractivity contribution < 1.29 is 9.53 Å². The molecule has 16 heavy (non-hydrogen) atoms. The highest BCUT2D eigenvalue weighted by molar-refractivity contribution is 7.17. The number of anilines is 1. The predicted molar refractivity (Wildman–Crippen MR) is 67.1 cm³/mol. The molecule has 0 saturated carbocycles. The molecule has 0 aliphatic carbocycles. The van der Waals surface area contributed by atoms with E-state index in [0.29, 0.717) is 0 Å². The zero-order valence-electron chi connectivity index (χ0n) is 9.19. The Morgan fingerprint density at radius 3 is 2.94 bits per heavy atom. The molecule has 84 valence electrons. The van der Waals surface area contributed by atoms with E-state index in [1.54, 1.807) is 11.3 Å². The van der Waals surface area contributed by atoms with Gasteiger partial charge in [-0.3, -0.25) is 5.32 Å². The fourth-order valence-electron chi connectivity index (χ4n) is 1.41. The molecule has 0 aliphatic heterocycles. The highest BCUT2D eigenvalue weighted by Gasteiger charge is 2.05. The van der Waals surface area contributed by atoms with Crippen molar-refractivity contribution in [2.75, 3.05) is 5.32 Å². The van der Waals surface area contributed by atoms with Gasteiger partial charge in [-0.2, -0.15) is 0 Å². The fourth-order valence-corrected chi connectivity index (χ4v) is 2.18. The van der Waals surface area contributed by atoms with Crippen LogP contribution in [-0.2, 0) is 4.74 Å². The summed E-state index contributed by atoms with van der Waals surface area (Å²) in [5.74, 6) is 0. The Morgan fingerprint density at radius 1 is 1.38 bits per heavy atom. The first kappa shape index (κ1) is 11.0. The second-order valence-corrected chi connectivity index (χ2v) is 4.70. The van der Waals surface area contributed by atoms with E-state index in [2.05, 4.69) is 5.32 Å². The van der Waals surface area contributed by atoms with E-state index in [1.165, 1.54) is 4.70 Å². The lowest BCUT2D eigenvalue weighted by atomic mass is 10.2. The number of benzene rings is 1. The number of carbonyl (C=O) groups excluding carboxylic acids is 1. The fraction of sp³-hybridized carbons (Fsp3) is 0.250. The monoisotopic (exact) mass is 235 g/mol. The van der Waals surface area contributed by atoms with Gasteiger partial charge in [0, 0.05) is 10.4 Å². The number of hydrogen-bond acceptors (Lipinski definition) is 3. The summed E-state index contributed by atoms with van der Waals surface area (Å²) in [6.07, 6.45) is -0.519. The van der Waals surface area contributed by atoms with E-state index in [4.69, 9.17) is 4.74 Å². The Balaban J connectivity index is 2.11. The maximum atomic E-state index is 11.4. The number of hydrogen-bond donors (Lipinski definition) is 1. The molecular formula is C12H13NO2S. The van der Waals surface area contributed by atoms with Gasteiger partial charge in [0.15, 0.2) is 0 Å². The van der Waals surface area contributed by atoms with Gasteiger partial charge in [-0.15, -0.1) is 11.3 Å². The van der Waals surface area contributed by atoms with E-state index in [1.807, 2.05) is 43.5 Å². The number of rotatable bonds is 2. The number of carbonyl (C=O) groups is 1. The topological polar surface area (TPSA) is 38.3 Å². The molecule has 3 nitrogen and oxygen atoms in total. The molecule has 4 heteroatoms. The van der Waals surface area contributed by atoms with Crippen LogP contribution >= 0.6 is 11.3 Å². The summed E-state index contributed by atoms with van der Waals surface area (Å²) in [5.41, 5.74) is 0.761. The van der Waals surface area contributed by atoms with Gasteiger partial charge in [0.1, 0.15) is 0 Å². The molecule has 1 amide bonds. The summed E-state index contributed by atoms with van der Waals surface area (Å²) >= 11 is 1.68. The maximum absolute atomic E-state index is 11.4. The van der Waals surface area contributed by atoms with Crippen molar-refractivity contribution in [2.24, 2.45) is 0 Å². The first-order chi connectivity index (χ1) is 7.65. The molecule has 0 bridgehead atoms. The van der Waals surface area contributed by atoms with Gasteiger partial charge in [-0.05, 0) is 48.9 Å². The molecule has 0 spiro atoms. The number of nitrogens with one attached hydrogen (secondary N) is 1. The average Bonchev–Trinajstić information content (AvgIpc) is 2.63. The van der Waals surface area contributed by atoms with Crippen LogP contribution in [0.5, 0.6) is 0 Å². The molecule has 1 aromatic heterocycles. The molecule has 0 aliphatic rings. The lowest BCUT2D eigenvalue weighted by molar-refractivity contribution is 0.130. The van der Waals surface area contributed by atoms with Gasteiger partial charge in [-0.1, -0.05) is 0 Å². The summed E-state index contributed by atoms with van der Waals surface area (Å²) in [6.45, 7) is 3.64. The molecule has 1 heterocycles. The lowest BCUT2D eigenvalue weighted by Gasteiger charge is -2.09. The van der Waals surface area contributed by atoms with Crippen LogP contribution in [0.25, 0.3) is 10.1 Å². The normalized spacial score (nSPS) is 10.7. The van der Waals surface area contributed by atoms with Gasteiger partial charge in [0.05, 0.1) is 6.10 Å². The van der Waals surface area contributed by atoms with E-state index in [-0.39, 0.29) is 6.10 Å². The second kappa shape index (κ2) is 4.53. The van der Waals surface area contributed by atoms with Crippen molar-refractivity contribution in [2.45, 2.75) is 20.0 Å². The molecule has 0 fully saturated rings. The van der Waals surface area contributed by atoms with Crippen LogP contribution in [0.3, 0.4) is 0 Å². The predicted octanol–water partition coefficient (Wildman–Crippen LogP) is 3.86. The summed E-state index contributed by atoms with van der Waals surface area (Å²) < 4.78 is 6.21. The SMILES string of the molecule is CC(C)OC(=O)Nc1ccc2sccc2c1. The number of thiophene rings is 1. The first-order valence-electron chi connectivity index (χ1n) is 5.10. The van der Waals surface area contributed by atoms with Crippen LogP contribution in [0.1, 0.15) is 13.8 Å². The van der Waals surface area contributed by atoms with Crippen molar-refractivity contribution in [3.63, 3.8) is 0 Å². The average molecular weight is 235 g/mol. The Bertz CT molecular complexity index is 504. The zero-order valence-corrected chi connectivity index (χ0v) is 10.0. The van der Waals surface area contributed by atoms with E-state index < -0.39 is 6.09 Å². The highest BCUT2D eigenvalue weighted by atomic mass is 32.1. The second-order valence-electron chi connectivity index (χ2n) is 3.75. The third-order valence-corrected chi connectivity index (χ3v) is 2.94. The van der Waals surface area contributed by atoms with Gasteiger partial charge in [0.25, 0.3) is 0 Å². The van der Waals surface area contributed by atoms with Crippen LogP contribution < -0.4 is 5.32 Å². The molecule has 0 radical (unpaired) electrons. The van der Waals surface area contributed by atoms with Crippen LogP contribution in [0.15, 0.2) is 29.6 Å². The smallest absolute Gasteiger partial charge is 0.411 e. The van der Waals surface area contributed by atoms with Crippen LogP contribution in [0, 0.1) is 0 Å². The van der Waals surface area contributed by atoms with Gasteiger partial charge in [0.2, 0.25) is 0 Å². The molecule has 2 rings (SSSR count). The highest BCUT2D eigenvalue weighted by Crippen LogP contribution is 2.24. The minimum Gasteiger partial charge on any atom is -0.447 e. The minimum absolute atomic E-state index is 0.107. The van der Waals surface area contributed by atoms with Crippen LogP contribution in [0.4, 0.5) is 10.5 Å². The van der Waals surface area contributed by atoms with Crippen molar-refractivity contribution in [3.05, 3.63) is 29.6 Å². The molecule has 2 aromatic rings. The number of amides is 1. The zero-order chi connectivity index (χ0) is 11.5. The van der Waals surface area contributed by atoms with Gasteiger partial charge >= 0.3 is 6.09 Å². The summed E-state index contributed by atoms with van der Waals surface area (Å²) in [6, 6.07) is 7.83. The Morgan fingerprint density at radius 2 is 2.19 bits per heavy atom. The van der Waals surface area contributed by atoms with Crippen molar-refractivity contribution >= 4 is 33.2 Å². The maximum Gasteiger partial charge on any atom is 0.411 e. The Kier molecular flexibility index (Phi) is 3.10. The summed E-state index contributed by atoms with van der Waals surface area (Å²) in [5, 5.41) is 5.86. The lowest BCUT2D eigenvalue weighted by Crippen LogP contribution is -2.17. The largest absolute Gasteiger partial charge is 0.447 e. The van der Waals surface area contributed by atoms with Crippen LogP contribution in [0.2, 0.25) is 0 Å². The standard InChI is InChI=1S/C12H13NO2S/c1-8(2)15-12(14)13-10-3-4-11-9(7-10)5-6-16-11/h3-8H,1-2H3,(H,13,14). The Hall–Kier alpha value is -1.55. The summed E-state index contributed by atoms with van der Waals surface area (Å²) in [7, 11) is 0. The molecule has 1 N–H and O–H groups in total. The van der Waals surface area contributed by atoms with Crippen molar-refractivity contribution in [1.29, 1.82) is 0 Å². The molecule has 0 atom stereocenters. The summed E-state index contributed by atoms with van der Waals surface area (Å²) in [4.78, 5) is 11.4. The quantitative estimate of drug-likeness (QED) is 0.858. The number of ether oxygens (including phenoxy) is 1. The van der Waals surface area contributed by atoms with Crippen LogP contribution in [-0.4, -0.2) is 12.2 Å². The van der Waals surface area contributed by atoms with E-state index >= 15 is 0 Å². The van der Waals surface area contributed by atoms with Gasteiger partial charge < -0.3 is 4.74 Å². The third kappa shape index (κ3) is 2.52. The van der Waals surface area contributed by atoms with Gasteiger partial charge in [-0.25, -0.2) is 4.79 Å². The Labute approximate surface area is 98.0 Å². The number of fused-ring (bicyclic) bond motifs is 1.